The number of rotatable bonds is 4. The molecule has 2 heterocycles. The van der Waals surface area contributed by atoms with Crippen LogP contribution in [0, 0.1) is 0 Å². The summed E-state index contributed by atoms with van der Waals surface area (Å²) in [5.74, 6) is 0. The topological polar surface area (TPSA) is 78.0 Å². The minimum atomic E-state index is -3.49. The van der Waals surface area contributed by atoms with Crippen LogP contribution in [-0.2, 0) is 20.2 Å². The fraction of sp³-hybridized carbons (Fsp3) is 0.600. The third-order valence-electron chi connectivity index (χ3n) is 3.07. The molecule has 0 unspecified atom stereocenters. The van der Waals surface area contributed by atoms with E-state index in [1.165, 1.54) is 34.0 Å². The van der Waals surface area contributed by atoms with E-state index >= 15 is 0 Å². The van der Waals surface area contributed by atoms with Crippen molar-refractivity contribution in [2.75, 3.05) is 40.3 Å². The van der Waals surface area contributed by atoms with E-state index < -0.39 is 20.2 Å². The van der Waals surface area contributed by atoms with Crippen LogP contribution >= 0.6 is 11.3 Å². The number of piperazine rings is 1. The third kappa shape index (κ3) is 2.90. The highest BCUT2D eigenvalue weighted by Gasteiger charge is 2.34. The van der Waals surface area contributed by atoms with Crippen molar-refractivity contribution in [1.29, 1.82) is 0 Å². The summed E-state index contributed by atoms with van der Waals surface area (Å²) in [7, 11) is -4.04. The Morgan fingerprint density at radius 3 is 2.05 bits per heavy atom. The van der Waals surface area contributed by atoms with E-state index in [1.54, 1.807) is 17.5 Å². The zero-order chi connectivity index (χ0) is 15.0. The van der Waals surface area contributed by atoms with Crippen LogP contribution < -0.4 is 0 Å². The first kappa shape index (κ1) is 15.9. The van der Waals surface area contributed by atoms with Gasteiger partial charge in [-0.15, -0.1) is 11.3 Å². The summed E-state index contributed by atoms with van der Waals surface area (Å²) in [5, 5.41) is 1.71. The van der Waals surface area contributed by atoms with Crippen molar-refractivity contribution in [2.45, 2.75) is 4.21 Å². The van der Waals surface area contributed by atoms with Crippen LogP contribution in [0.1, 0.15) is 0 Å². The maximum atomic E-state index is 12.3. The summed E-state index contributed by atoms with van der Waals surface area (Å²) in [6, 6.07) is 3.24. The van der Waals surface area contributed by atoms with Gasteiger partial charge < -0.3 is 0 Å². The summed E-state index contributed by atoms with van der Waals surface area (Å²) in [6.07, 6.45) is 0. The molecule has 114 valence electrons. The number of sulfonamides is 1. The molecule has 1 fully saturated rings. The summed E-state index contributed by atoms with van der Waals surface area (Å²) in [4.78, 5) is 0. The average Bonchev–Trinajstić information content (AvgIpc) is 2.93. The van der Waals surface area contributed by atoms with Gasteiger partial charge in [0.1, 0.15) is 4.21 Å². The van der Waals surface area contributed by atoms with Gasteiger partial charge in [0.15, 0.2) is 0 Å². The van der Waals surface area contributed by atoms with Crippen molar-refractivity contribution in [3.05, 3.63) is 17.5 Å². The van der Waals surface area contributed by atoms with Gasteiger partial charge in [0, 0.05) is 40.3 Å². The molecule has 0 N–H and O–H groups in total. The summed E-state index contributed by atoms with van der Waals surface area (Å²) < 4.78 is 52.6. The molecule has 1 aliphatic heterocycles. The zero-order valence-electron chi connectivity index (χ0n) is 11.3. The van der Waals surface area contributed by atoms with E-state index in [4.69, 9.17) is 0 Å². The van der Waals surface area contributed by atoms with Gasteiger partial charge in [0.05, 0.1) is 0 Å². The van der Waals surface area contributed by atoms with E-state index in [0.717, 1.165) is 4.31 Å². The van der Waals surface area contributed by atoms with E-state index in [-0.39, 0.29) is 26.2 Å². The van der Waals surface area contributed by atoms with Crippen molar-refractivity contribution in [3.8, 4) is 0 Å². The quantitative estimate of drug-likeness (QED) is 0.765. The fourth-order valence-electron chi connectivity index (χ4n) is 1.91. The van der Waals surface area contributed by atoms with Gasteiger partial charge in [-0.25, -0.2) is 8.42 Å². The normalized spacial score (nSPS) is 19.6. The molecule has 0 aliphatic carbocycles. The Balaban J connectivity index is 2.09. The Morgan fingerprint density at radius 1 is 1.05 bits per heavy atom. The van der Waals surface area contributed by atoms with Crippen molar-refractivity contribution >= 4 is 31.6 Å². The fourth-order valence-corrected chi connectivity index (χ4v) is 5.56. The first-order valence-corrected chi connectivity index (χ1v) is 9.69. The Morgan fingerprint density at radius 2 is 1.60 bits per heavy atom. The lowest BCUT2D eigenvalue weighted by molar-refractivity contribution is 0.263. The van der Waals surface area contributed by atoms with E-state index in [1.807, 2.05) is 0 Å². The molecule has 0 radical (unpaired) electrons. The number of hydrogen-bond donors (Lipinski definition) is 0. The van der Waals surface area contributed by atoms with Crippen LogP contribution in [0.15, 0.2) is 21.7 Å². The van der Waals surface area contributed by atoms with Crippen molar-refractivity contribution in [2.24, 2.45) is 0 Å². The van der Waals surface area contributed by atoms with Gasteiger partial charge in [-0.05, 0) is 11.4 Å². The predicted octanol–water partition coefficient (Wildman–Crippen LogP) is -0.139. The second-order valence-corrected chi connectivity index (χ2v) is 9.78. The van der Waals surface area contributed by atoms with Crippen LogP contribution in [0.3, 0.4) is 0 Å². The van der Waals surface area contributed by atoms with Crippen molar-refractivity contribution in [1.82, 2.24) is 12.9 Å². The van der Waals surface area contributed by atoms with Gasteiger partial charge in [-0.2, -0.15) is 21.3 Å². The molecular weight excluding hydrogens is 322 g/mol. The highest BCUT2D eigenvalue weighted by molar-refractivity contribution is 7.91. The third-order valence-corrected chi connectivity index (χ3v) is 8.29. The lowest BCUT2D eigenvalue weighted by Crippen LogP contribution is -2.52. The van der Waals surface area contributed by atoms with E-state index in [0.29, 0.717) is 4.21 Å². The largest absolute Gasteiger partial charge is 0.281 e. The van der Waals surface area contributed by atoms with Crippen molar-refractivity contribution in [3.63, 3.8) is 0 Å². The average molecular weight is 339 g/mol. The molecule has 0 bridgehead atoms. The minimum absolute atomic E-state index is 0.172. The smallest absolute Gasteiger partial charge is 0.206 e. The number of thiophene rings is 1. The van der Waals surface area contributed by atoms with Gasteiger partial charge in [0.25, 0.3) is 20.2 Å². The first-order chi connectivity index (χ1) is 9.26. The number of hydrogen-bond acceptors (Lipinski definition) is 5. The van der Waals surface area contributed by atoms with Crippen LogP contribution in [0.5, 0.6) is 0 Å². The molecule has 0 atom stereocenters. The van der Waals surface area contributed by atoms with Crippen LogP contribution in [-0.4, -0.2) is 70.0 Å². The van der Waals surface area contributed by atoms with Crippen LogP contribution in [0.2, 0.25) is 0 Å². The van der Waals surface area contributed by atoms with Gasteiger partial charge in [-0.1, -0.05) is 6.07 Å². The number of nitrogens with zero attached hydrogens (tertiary/aromatic N) is 3. The lowest BCUT2D eigenvalue weighted by Gasteiger charge is -2.34. The molecule has 1 aromatic rings. The van der Waals surface area contributed by atoms with E-state index in [9.17, 15) is 16.8 Å². The Bertz CT molecular complexity index is 644. The van der Waals surface area contributed by atoms with Crippen LogP contribution in [0.25, 0.3) is 0 Å². The molecule has 0 aromatic carbocycles. The second kappa shape index (κ2) is 5.70. The highest BCUT2D eigenvalue weighted by atomic mass is 32.2. The molecule has 1 aromatic heterocycles. The molecule has 1 aliphatic rings. The maximum Gasteiger partial charge on any atom is 0.281 e. The molecule has 10 heteroatoms. The first-order valence-electron chi connectivity index (χ1n) is 5.97. The molecule has 7 nitrogen and oxygen atoms in total. The molecule has 2 rings (SSSR count). The Labute approximate surface area is 123 Å². The molecule has 0 saturated carbocycles. The maximum absolute atomic E-state index is 12.3. The molecule has 20 heavy (non-hydrogen) atoms. The van der Waals surface area contributed by atoms with Gasteiger partial charge in [0.2, 0.25) is 0 Å². The monoisotopic (exact) mass is 339 g/mol. The van der Waals surface area contributed by atoms with Crippen molar-refractivity contribution < 1.29 is 16.8 Å². The Hall–Kier alpha value is -0.520. The molecular formula is C10H17N3O4S3. The summed E-state index contributed by atoms with van der Waals surface area (Å²) >= 11 is 1.17. The van der Waals surface area contributed by atoms with Gasteiger partial charge in [-0.3, -0.25) is 0 Å². The molecule has 0 spiro atoms. The second-order valence-electron chi connectivity index (χ2n) is 4.53. The molecule has 0 amide bonds. The summed E-state index contributed by atoms with van der Waals surface area (Å²) in [6.45, 7) is 0.691. The SMILES string of the molecule is CN(C)S(=O)(=O)N1CCN(S(=O)(=O)c2cccs2)CC1. The zero-order valence-corrected chi connectivity index (χ0v) is 13.7. The van der Waals surface area contributed by atoms with Gasteiger partial charge >= 0.3 is 0 Å². The minimum Gasteiger partial charge on any atom is -0.206 e. The Kier molecular flexibility index (Phi) is 4.52. The predicted molar refractivity (Wildman–Crippen MR) is 77.3 cm³/mol. The highest BCUT2D eigenvalue weighted by Crippen LogP contribution is 2.22. The molecule has 1 saturated heterocycles. The van der Waals surface area contributed by atoms with Crippen LogP contribution in [0.4, 0.5) is 0 Å². The van der Waals surface area contributed by atoms with E-state index in [2.05, 4.69) is 0 Å². The summed E-state index contributed by atoms with van der Waals surface area (Å²) in [5.41, 5.74) is 0. The standard InChI is InChI=1S/C10H17N3O4S3/c1-11(2)20(16,17)13-7-5-12(6-8-13)19(14,15)10-4-3-9-18-10/h3-4,9H,5-8H2,1-2H3. The lowest BCUT2D eigenvalue weighted by atomic mass is 10.4.